The molecular weight excluding hydrogens is 374 g/mol. The number of carbonyl (C=O) groups is 1. The SMILES string of the molecule is CC(C)S(=O)(=O)N1CCc2cc(C(=O)N3CCN(C4CCC4)CC3)ccc2C1. The van der Waals surface area contributed by atoms with Gasteiger partial charge in [-0.25, -0.2) is 8.42 Å². The molecule has 2 fully saturated rings. The molecule has 1 amide bonds. The third-order valence-corrected chi connectivity index (χ3v) is 8.80. The van der Waals surface area contributed by atoms with Gasteiger partial charge in [0.2, 0.25) is 10.0 Å². The van der Waals surface area contributed by atoms with Gasteiger partial charge in [0, 0.05) is 50.9 Å². The average Bonchev–Trinajstić information content (AvgIpc) is 2.65. The molecule has 2 aliphatic heterocycles. The van der Waals surface area contributed by atoms with Gasteiger partial charge in [0.15, 0.2) is 0 Å². The third-order valence-electron chi connectivity index (χ3n) is 6.58. The first-order chi connectivity index (χ1) is 13.4. The quantitative estimate of drug-likeness (QED) is 0.770. The van der Waals surface area contributed by atoms with Gasteiger partial charge in [-0.05, 0) is 56.4 Å². The Balaban J connectivity index is 1.41. The lowest BCUT2D eigenvalue weighted by Crippen LogP contribution is -2.53. The van der Waals surface area contributed by atoms with Gasteiger partial charge in [-0.15, -0.1) is 0 Å². The number of nitrogens with zero attached hydrogens (tertiary/aromatic N) is 3. The molecule has 7 heteroatoms. The Kier molecular flexibility index (Phi) is 5.51. The molecule has 1 saturated carbocycles. The Morgan fingerprint density at radius 1 is 1.04 bits per heavy atom. The van der Waals surface area contributed by atoms with Gasteiger partial charge in [-0.1, -0.05) is 12.5 Å². The number of fused-ring (bicyclic) bond motifs is 1. The standard InChI is InChI=1S/C21H31N3O3S/c1-16(2)28(26,27)24-9-8-17-14-18(6-7-19(17)15-24)21(25)23-12-10-22(11-13-23)20-4-3-5-20/h6-7,14,16,20H,3-5,8-13,15H2,1-2H3. The van der Waals surface area contributed by atoms with E-state index in [1.165, 1.54) is 19.3 Å². The lowest BCUT2D eigenvalue weighted by Gasteiger charge is -2.43. The van der Waals surface area contributed by atoms with Crippen molar-refractivity contribution in [3.05, 3.63) is 34.9 Å². The lowest BCUT2D eigenvalue weighted by molar-refractivity contribution is 0.0455. The average molecular weight is 406 g/mol. The molecule has 0 aromatic heterocycles. The summed E-state index contributed by atoms with van der Waals surface area (Å²) in [6.45, 7) is 7.89. The minimum absolute atomic E-state index is 0.105. The van der Waals surface area contributed by atoms with E-state index in [0.29, 0.717) is 19.5 Å². The van der Waals surface area contributed by atoms with E-state index in [1.807, 2.05) is 23.1 Å². The zero-order valence-electron chi connectivity index (χ0n) is 16.9. The smallest absolute Gasteiger partial charge is 0.253 e. The van der Waals surface area contributed by atoms with E-state index in [0.717, 1.165) is 48.9 Å². The fraction of sp³-hybridized carbons (Fsp3) is 0.667. The van der Waals surface area contributed by atoms with Crippen molar-refractivity contribution < 1.29 is 13.2 Å². The topological polar surface area (TPSA) is 60.9 Å². The van der Waals surface area contributed by atoms with Crippen LogP contribution in [0.3, 0.4) is 0 Å². The van der Waals surface area contributed by atoms with Crippen LogP contribution in [0, 0.1) is 0 Å². The highest BCUT2D eigenvalue weighted by atomic mass is 32.2. The first-order valence-electron chi connectivity index (χ1n) is 10.5. The fourth-order valence-electron chi connectivity index (χ4n) is 4.40. The van der Waals surface area contributed by atoms with Crippen LogP contribution >= 0.6 is 0 Å². The maximum atomic E-state index is 13.0. The number of sulfonamides is 1. The number of hydrogen-bond donors (Lipinski definition) is 0. The number of carbonyl (C=O) groups excluding carboxylic acids is 1. The largest absolute Gasteiger partial charge is 0.336 e. The monoisotopic (exact) mass is 405 g/mol. The van der Waals surface area contributed by atoms with Gasteiger partial charge >= 0.3 is 0 Å². The summed E-state index contributed by atoms with van der Waals surface area (Å²) < 4.78 is 26.4. The second-order valence-electron chi connectivity index (χ2n) is 8.57. The summed E-state index contributed by atoms with van der Waals surface area (Å²) in [6, 6.07) is 6.53. The highest BCUT2D eigenvalue weighted by Crippen LogP contribution is 2.27. The predicted molar refractivity (Wildman–Crippen MR) is 110 cm³/mol. The summed E-state index contributed by atoms with van der Waals surface area (Å²) in [4.78, 5) is 17.5. The maximum absolute atomic E-state index is 13.0. The maximum Gasteiger partial charge on any atom is 0.253 e. The molecule has 0 N–H and O–H groups in total. The molecule has 154 valence electrons. The zero-order valence-corrected chi connectivity index (χ0v) is 17.7. The van der Waals surface area contributed by atoms with Crippen LogP contribution in [0.5, 0.6) is 0 Å². The Morgan fingerprint density at radius 3 is 2.36 bits per heavy atom. The van der Waals surface area contributed by atoms with Crippen LogP contribution in [0.25, 0.3) is 0 Å². The number of hydrogen-bond acceptors (Lipinski definition) is 4. The van der Waals surface area contributed by atoms with Crippen molar-refractivity contribution >= 4 is 15.9 Å². The summed E-state index contributed by atoms with van der Waals surface area (Å²) >= 11 is 0. The van der Waals surface area contributed by atoms with Crippen LogP contribution in [-0.4, -0.2) is 72.4 Å². The number of benzene rings is 1. The van der Waals surface area contributed by atoms with E-state index in [1.54, 1.807) is 18.2 Å². The molecule has 3 aliphatic rings. The van der Waals surface area contributed by atoms with Gasteiger partial charge in [0.25, 0.3) is 5.91 Å². The first kappa shape index (κ1) is 19.9. The summed E-state index contributed by atoms with van der Waals surface area (Å²) in [5, 5.41) is -0.409. The highest BCUT2D eigenvalue weighted by Gasteiger charge is 2.31. The molecule has 0 atom stereocenters. The summed E-state index contributed by atoms with van der Waals surface area (Å²) in [6.07, 6.45) is 4.62. The zero-order chi connectivity index (χ0) is 19.9. The van der Waals surface area contributed by atoms with Crippen LogP contribution in [0.4, 0.5) is 0 Å². The summed E-state index contributed by atoms with van der Waals surface area (Å²) in [5.74, 6) is 0.105. The molecule has 0 radical (unpaired) electrons. The van der Waals surface area contributed by atoms with E-state index in [4.69, 9.17) is 0 Å². The van der Waals surface area contributed by atoms with Crippen molar-refractivity contribution in [3.63, 3.8) is 0 Å². The van der Waals surface area contributed by atoms with E-state index in [-0.39, 0.29) is 5.91 Å². The van der Waals surface area contributed by atoms with E-state index >= 15 is 0 Å². The lowest BCUT2D eigenvalue weighted by atomic mass is 9.91. The van der Waals surface area contributed by atoms with E-state index in [9.17, 15) is 13.2 Å². The van der Waals surface area contributed by atoms with Crippen molar-refractivity contribution in [1.29, 1.82) is 0 Å². The first-order valence-corrected chi connectivity index (χ1v) is 12.0. The molecule has 4 rings (SSSR count). The Hall–Kier alpha value is -1.44. The molecule has 2 heterocycles. The molecule has 1 aliphatic carbocycles. The summed E-state index contributed by atoms with van der Waals surface area (Å²) in [5.41, 5.74) is 2.85. The van der Waals surface area contributed by atoms with Crippen LogP contribution in [0.15, 0.2) is 18.2 Å². The van der Waals surface area contributed by atoms with Gasteiger partial charge < -0.3 is 4.90 Å². The molecule has 0 spiro atoms. The van der Waals surface area contributed by atoms with Crippen molar-refractivity contribution in [2.75, 3.05) is 32.7 Å². The number of piperazine rings is 1. The third kappa shape index (κ3) is 3.72. The van der Waals surface area contributed by atoms with Crippen LogP contribution in [0.1, 0.15) is 54.6 Å². The number of rotatable bonds is 4. The highest BCUT2D eigenvalue weighted by molar-refractivity contribution is 7.89. The normalized spacial score (nSPS) is 22.2. The minimum atomic E-state index is -3.24. The molecule has 0 bridgehead atoms. The van der Waals surface area contributed by atoms with Crippen LogP contribution < -0.4 is 0 Å². The predicted octanol–water partition coefficient (Wildman–Crippen LogP) is 2.09. The van der Waals surface area contributed by atoms with Gasteiger partial charge in [0.1, 0.15) is 0 Å². The second kappa shape index (κ2) is 7.76. The van der Waals surface area contributed by atoms with Crippen molar-refractivity contribution in [1.82, 2.24) is 14.1 Å². The van der Waals surface area contributed by atoms with Crippen molar-refractivity contribution in [3.8, 4) is 0 Å². The molecule has 28 heavy (non-hydrogen) atoms. The van der Waals surface area contributed by atoms with Gasteiger partial charge in [-0.2, -0.15) is 4.31 Å². The summed E-state index contributed by atoms with van der Waals surface area (Å²) in [7, 11) is -3.24. The van der Waals surface area contributed by atoms with Crippen molar-refractivity contribution in [2.24, 2.45) is 0 Å². The second-order valence-corrected chi connectivity index (χ2v) is 11.1. The van der Waals surface area contributed by atoms with Gasteiger partial charge in [0.05, 0.1) is 5.25 Å². The Morgan fingerprint density at radius 2 is 1.75 bits per heavy atom. The molecule has 0 unspecified atom stereocenters. The van der Waals surface area contributed by atoms with E-state index in [2.05, 4.69) is 4.90 Å². The van der Waals surface area contributed by atoms with E-state index < -0.39 is 15.3 Å². The molecule has 1 aromatic carbocycles. The molecule has 1 saturated heterocycles. The van der Waals surface area contributed by atoms with Crippen LogP contribution in [-0.2, 0) is 23.0 Å². The molecule has 6 nitrogen and oxygen atoms in total. The minimum Gasteiger partial charge on any atom is -0.336 e. The van der Waals surface area contributed by atoms with Gasteiger partial charge in [-0.3, -0.25) is 9.69 Å². The molecular formula is C21H31N3O3S. The fourth-order valence-corrected chi connectivity index (χ4v) is 5.66. The Labute approximate surface area is 168 Å². The Bertz CT molecular complexity index is 840. The van der Waals surface area contributed by atoms with Crippen molar-refractivity contribution in [2.45, 2.75) is 57.4 Å². The molecule has 1 aromatic rings. The number of amides is 1. The van der Waals surface area contributed by atoms with Crippen LogP contribution in [0.2, 0.25) is 0 Å².